The number of carbonyl (C=O) groups is 1. The van der Waals surface area contributed by atoms with Gasteiger partial charge in [-0.05, 0) is 31.2 Å². The fraction of sp³-hybridized carbons (Fsp3) is 0.667. The van der Waals surface area contributed by atoms with Gasteiger partial charge in [0.25, 0.3) is 0 Å². The van der Waals surface area contributed by atoms with Crippen LogP contribution in [0, 0.1) is 5.92 Å². The maximum absolute atomic E-state index is 11.7. The quantitative estimate of drug-likeness (QED) is 0.810. The molecule has 0 amide bonds. The first-order valence-corrected chi connectivity index (χ1v) is 6.12. The Morgan fingerprint density at radius 3 is 3.12 bits per heavy atom. The zero-order valence-electron chi connectivity index (χ0n) is 10.1. The van der Waals surface area contributed by atoms with Crippen LogP contribution in [-0.2, 0) is 16.1 Å². The van der Waals surface area contributed by atoms with E-state index in [9.17, 15) is 4.79 Å². The first kappa shape index (κ1) is 12.0. The Bertz CT molecular complexity index is 389. The molecule has 1 saturated carbocycles. The summed E-state index contributed by atoms with van der Waals surface area (Å²) in [4.78, 5) is 11.7. The van der Waals surface area contributed by atoms with Gasteiger partial charge >= 0.3 is 5.97 Å². The lowest BCUT2D eigenvalue weighted by atomic mass is 9.89. The molecule has 0 spiro atoms. The van der Waals surface area contributed by atoms with E-state index in [1.54, 1.807) is 12.3 Å². The van der Waals surface area contributed by atoms with Gasteiger partial charge in [0.05, 0.1) is 0 Å². The van der Waals surface area contributed by atoms with Gasteiger partial charge in [-0.25, -0.2) is 0 Å². The summed E-state index contributed by atoms with van der Waals surface area (Å²) in [6.07, 6.45) is 6.11. The van der Waals surface area contributed by atoms with Crippen molar-refractivity contribution in [3.8, 4) is 0 Å². The highest BCUT2D eigenvalue weighted by Gasteiger charge is 2.22. The van der Waals surface area contributed by atoms with E-state index >= 15 is 0 Å². The average Bonchev–Trinajstić information content (AvgIpc) is 2.63. The fourth-order valence-electron chi connectivity index (χ4n) is 2.31. The van der Waals surface area contributed by atoms with E-state index in [0.717, 1.165) is 19.3 Å². The molecule has 1 aliphatic carbocycles. The molecule has 0 radical (unpaired) electrons. The van der Waals surface area contributed by atoms with Crippen molar-refractivity contribution in [3.05, 3.63) is 12.3 Å². The standard InChI is InChI=1S/C12H19N3O2/c1-9-3-2-4-10(7-9)17-12(16)8-15-6-5-11(13)14-15/h5-6,9-10H,2-4,7-8H2,1H3,(H2,13,14). The van der Waals surface area contributed by atoms with Crippen LogP contribution >= 0.6 is 0 Å². The second-order valence-corrected chi connectivity index (χ2v) is 4.82. The molecule has 0 bridgehead atoms. The van der Waals surface area contributed by atoms with Crippen LogP contribution in [0.25, 0.3) is 0 Å². The summed E-state index contributed by atoms with van der Waals surface area (Å²) in [5.41, 5.74) is 5.47. The van der Waals surface area contributed by atoms with E-state index in [1.165, 1.54) is 11.1 Å². The number of esters is 1. The second-order valence-electron chi connectivity index (χ2n) is 4.82. The van der Waals surface area contributed by atoms with Gasteiger partial charge in [0.2, 0.25) is 0 Å². The molecule has 1 aromatic heterocycles. The van der Waals surface area contributed by atoms with Crippen molar-refractivity contribution in [2.45, 2.75) is 45.3 Å². The van der Waals surface area contributed by atoms with Crippen LogP contribution in [0.4, 0.5) is 5.82 Å². The topological polar surface area (TPSA) is 70.1 Å². The Kier molecular flexibility index (Phi) is 3.66. The summed E-state index contributed by atoms with van der Waals surface area (Å²) in [5.74, 6) is 0.846. The molecule has 0 saturated heterocycles. The monoisotopic (exact) mass is 237 g/mol. The first-order chi connectivity index (χ1) is 8.13. The minimum Gasteiger partial charge on any atom is -0.461 e. The van der Waals surface area contributed by atoms with Crippen molar-refractivity contribution in [2.75, 3.05) is 5.73 Å². The largest absolute Gasteiger partial charge is 0.461 e. The molecule has 2 rings (SSSR count). The Morgan fingerprint density at radius 2 is 2.47 bits per heavy atom. The van der Waals surface area contributed by atoms with Gasteiger partial charge in [-0.3, -0.25) is 9.48 Å². The van der Waals surface area contributed by atoms with E-state index in [2.05, 4.69) is 12.0 Å². The Labute approximate surface area is 101 Å². The van der Waals surface area contributed by atoms with Crippen LogP contribution in [0.5, 0.6) is 0 Å². The van der Waals surface area contributed by atoms with Crippen molar-refractivity contribution < 1.29 is 9.53 Å². The number of anilines is 1. The average molecular weight is 237 g/mol. The molecule has 0 aromatic carbocycles. The lowest BCUT2D eigenvalue weighted by molar-refractivity contribution is -0.152. The van der Waals surface area contributed by atoms with Crippen LogP contribution in [0.2, 0.25) is 0 Å². The molecule has 94 valence electrons. The van der Waals surface area contributed by atoms with Gasteiger partial charge in [0, 0.05) is 6.20 Å². The summed E-state index contributed by atoms with van der Waals surface area (Å²) in [7, 11) is 0. The molecule has 2 N–H and O–H groups in total. The molecule has 5 heteroatoms. The highest BCUT2D eigenvalue weighted by atomic mass is 16.5. The maximum Gasteiger partial charge on any atom is 0.328 e. The Hall–Kier alpha value is -1.52. The minimum absolute atomic E-state index is 0.0826. The first-order valence-electron chi connectivity index (χ1n) is 6.12. The third kappa shape index (κ3) is 3.47. The number of nitrogens with two attached hydrogens (primary N) is 1. The summed E-state index contributed by atoms with van der Waals surface area (Å²) in [6.45, 7) is 2.34. The van der Waals surface area contributed by atoms with Gasteiger partial charge in [0.15, 0.2) is 0 Å². The molecule has 1 aliphatic rings. The number of aromatic nitrogens is 2. The minimum atomic E-state index is -0.229. The molecule has 2 unspecified atom stereocenters. The Morgan fingerprint density at radius 1 is 1.65 bits per heavy atom. The molecular weight excluding hydrogens is 218 g/mol. The van der Waals surface area contributed by atoms with Crippen LogP contribution in [-0.4, -0.2) is 21.9 Å². The summed E-state index contributed by atoms with van der Waals surface area (Å²) < 4.78 is 6.94. The van der Waals surface area contributed by atoms with Gasteiger partial charge in [0.1, 0.15) is 18.5 Å². The number of hydrogen-bond acceptors (Lipinski definition) is 4. The summed E-state index contributed by atoms with van der Waals surface area (Å²) in [5, 5.41) is 3.95. The van der Waals surface area contributed by atoms with Crippen molar-refractivity contribution >= 4 is 11.8 Å². The molecule has 1 aromatic rings. The predicted octanol–water partition coefficient (Wildman–Crippen LogP) is 1.59. The third-order valence-electron chi connectivity index (χ3n) is 3.14. The van der Waals surface area contributed by atoms with Crippen LogP contribution in [0.1, 0.15) is 32.6 Å². The Balaban J connectivity index is 1.80. The third-order valence-corrected chi connectivity index (χ3v) is 3.14. The van der Waals surface area contributed by atoms with Gasteiger partial charge in [-0.1, -0.05) is 13.3 Å². The molecular formula is C12H19N3O2. The van der Waals surface area contributed by atoms with Crippen molar-refractivity contribution in [1.82, 2.24) is 9.78 Å². The van der Waals surface area contributed by atoms with E-state index in [1.807, 2.05) is 0 Å². The van der Waals surface area contributed by atoms with Gasteiger partial charge in [-0.15, -0.1) is 0 Å². The molecule has 17 heavy (non-hydrogen) atoms. The molecule has 5 nitrogen and oxygen atoms in total. The molecule has 2 atom stereocenters. The summed E-state index contributed by atoms with van der Waals surface area (Å²) in [6, 6.07) is 1.66. The van der Waals surface area contributed by atoms with Crippen molar-refractivity contribution in [2.24, 2.45) is 5.92 Å². The highest BCUT2D eigenvalue weighted by molar-refractivity contribution is 5.69. The molecule has 0 aliphatic heterocycles. The van der Waals surface area contributed by atoms with Crippen LogP contribution in [0.15, 0.2) is 12.3 Å². The lowest BCUT2D eigenvalue weighted by Gasteiger charge is -2.26. The predicted molar refractivity (Wildman–Crippen MR) is 64.2 cm³/mol. The van der Waals surface area contributed by atoms with E-state index in [0.29, 0.717) is 11.7 Å². The summed E-state index contributed by atoms with van der Waals surface area (Å²) >= 11 is 0. The second kappa shape index (κ2) is 5.21. The van der Waals surface area contributed by atoms with E-state index in [4.69, 9.17) is 10.5 Å². The fourth-order valence-corrected chi connectivity index (χ4v) is 2.31. The SMILES string of the molecule is CC1CCCC(OC(=O)Cn2ccc(N)n2)C1. The zero-order valence-corrected chi connectivity index (χ0v) is 10.1. The number of ether oxygens (including phenoxy) is 1. The number of carbonyl (C=O) groups excluding carboxylic acids is 1. The normalized spacial score (nSPS) is 24.5. The smallest absolute Gasteiger partial charge is 0.328 e. The number of hydrogen-bond donors (Lipinski definition) is 1. The molecule has 1 fully saturated rings. The van der Waals surface area contributed by atoms with E-state index in [-0.39, 0.29) is 18.6 Å². The van der Waals surface area contributed by atoms with Crippen LogP contribution < -0.4 is 5.73 Å². The van der Waals surface area contributed by atoms with Gasteiger partial charge in [-0.2, -0.15) is 5.10 Å². The lowest BCUT2D eigenvalue weighted by Crippen LogP contribution is -2.26. The zero-order chi connectivity index (χ0) is 12.3. The van der Waals surface area contributed by atoms with Crippen molar-refractivity contribution in [1.29, 1.82) is 0 Å². The van der Waals surface area contributed by atoms with Crippen molar-refractivity contribution in [3.63, 3.8) is 0 Å². The van der Waals surface area contributed by atoms with Crippen LogP contribution in [0.3, 0.4) is 0 Å². The van der Waals surface area contributed by atoms with E-state index < -0.39 is 0 Å². The number of rotatable bonds is 3. The van der Waals surface area contributed by atoms with Gasteiger partial charge < -0.3 is 10.5 Å². The molecule has 1 heterocycles. The maximum atomic E-state index is 11.7. The number of nitrogen functional groups attached to an aromatic ring is 1. The highest BCUT2D eigenvalue weighted by Crippen LogP contribution is 2.25. The number of nitrogens with zero attached hydrogens (tertiary/aromatic N) is 2.